The van der Waals surface area contributed by atoms with Crippen molar-refractivity contribution in [2.75, 3.05) is 6.54 Å². The number of nitrogens with one attached hydrogen (secondary N) is 1. The van der Waals surface area contributed by atoms with Crippen LogP contribution in [0.5, 0.6) is 0 Å². The second-order valence-electron chi connectivity index (χ2n) is 4.79. The van der Waals surface area contributed by atoms with Crippen molar-refractivity contribution in [3.05, 3.63) is 35.9 Å². The molecule has 4 N–H and O–H groups in total. The number of hydrogen-bond donors (Lipinski definition) is 3. The molecule has 0 aromatic heterocycles. The molecular weight excluding hydrogens is 238 g/mol. The second kappa shape index (κ2) is 8.53. The summed E-state index contributed by atoms with van der Waals surface area (Å²) in [7, 11) is 0. The summed E-state index contributed by atoms with van der Waals surface area (Å²) in [6.07, 6.45) is 3.39. The maximum absolute atomic E-state index is 8.93. The van der Waals surface area contributed by atoms with E-state index in [0.29, 0.717) is 12.6 Å². The fourth-order valence-corrected chi connectivity index (χ4v) is 2.23. The van der Waals surface area contributed by atoms with E-state index >= 15 is 0 Å². The van der Waals surface area contributed by atoms with Gasteiger partial charge in [0.2, 0.25) is 0 Å². The lowest BCUT2D eigenvalue weighted by Gasteiger charge is -2.21. The van der Waals surface area contributed by atoms with Gasteiger partial charge >= 0.3 is 0 Å². The monoisotopic (exact) mass is 263 g/mol. The first kappa shape index (κ1) is 15.5. The molecule has 0 saturated heterocycles. The number of benzene rings is 1. The molecule has 0 bridgehead atoms. The van der Waals surface area contributed by atoms with E-state index in [1.54, 1.807) is 0 Å². The number of rotatable bonds is 8. The minimum Gasteiger partial charge on any atom is -0.409 e. The van der Waals surface area contributed by atoms with Crippen LogP contribution in [0, 0.1) is 0 Å². The Hall–Kier alpha value is -1.55. The van der Waals surface area contributed by atoms with Gasteiger partial charge in [0.15, 0.2) is 0 Å². The third-order valence-corrected chi connectivity index (χ3v) is 3.42. The van der Waals surface area contributed by atoms with Crippen molar-refractivity contribution >= 4 is 5.84 Å². The average molecular weight is 263 g/mol. The van der Waals surface area contributed by atoms with Crippen molar-refractivity contribution < 1.29 is 5.21 Å². The van der Waals surface area contributed by atoms with E-state index in [4.69, 9.17) is 10.9 Å². The van der Waals surface area contributed by atoms with E-state index in [1.807, 2.05) is 30.3 Å². The molecule has 0 aliphatic rings. The number of amidine groups is 1. The Morgan fingerprint density at radius 2 is 2.00 bits per heavy atom. The molecule has 0 aliphatic carbocycles. The van der Waals surface area contributed by atoms with E-state index in [-0.39, 0.29) is 11.8 Å². The quantitative estimate of drug-likeness (QED) is 0.292. The summed E-state index contributed by atoms with van der Waals surface area (Å²) in [6, 6.07) is 10.4. The molecule has 4 heteroatoms. The zero-order chi connectivity index (χ0) is 14.1. The lowest BCUT2D eigenvalue weighted by molar-refractivity contribution is 0.315. The van der Waals surface area contributed by atoms with Gasteiger partial charge in [0.25, 0.3) is 0 Å². The smallest absolute Gasteiger partial charge is 0.147 e. The number of nitrogens with two attached hydrogens (primary N) is 1. The average Bonchev–Trinajstić information content (AvgIpc) is 2.47. The maximum atomic E-state index is 8.93. The maximum Gasteiger partial charge on any atom is 0.147 e. The number of nitrogens with zero attached hydrogens (tertiary/aromatic N) is 1. The molecule has 1 aromatic rings. The Morgan fingerprint density at radius 1 is 1.32 bits per heavy atom. The van der Waals surface area contributed by atoms with Gasteiger partial charge < -0.3 is 16.3 Å². The highest BCUT2D eigenvalue weighted by Gasteiger charge is 2.17. The summed E-state index contributed by atoms with van der Waals surface area (Å²) in [4.78, 5) is 0. The van der Waals surface area contributed by atoms with E-state index in [1.165, 1.54) is 0 Å². The predicted molar refractivity (Wildman–Crippen MR) is 79.6 cm³/mol. The van der Waals surface area contributed by atoms with Gasteiger partial charge in [0.05, 0.1) is 5.92 Å². The third-order valence-electron chi connectivity index (χ3n) is 3.42. The number of hydrogen-bond acceptors (Lipinski definition) is 3. The summed E-state index contributed by atoms with van der Waals surface area (Å²) in [5.74, 6) is 0.169. The minimum atomic E-state index is -0.0860. The molecule has 1 aromatic carbocycles. The van der Waals surface area contributed by atoms with Gasteiger partial charge in [-0.25, -0.2) is 0 Å². The summed E-state index contributed by atoms with van der Waals surface area (Å²) in [5.41, 5.74) is 6.88. The fraction of sp³-hybridized carbons (Fsp3) is 0.533. The summed E-state index contributed by atoms with van der Waals surface area (Å²) < 4.78 is 0. The minimum absolute atomic E-state index is 0.0860. The standard InChI is InChI=1S/C15H25N3O/c1-3-8-13(4-2)17-11-14(15(16)18-19)12-9-6-5-7-10-12/h5-7,9-10,13-14,17,19H,3-4,8,11H2,1-2H3,(H2,16,18). The molecule has 2 atom stereocenters. The molecule has 0 heterocycles. The molecule has 1 rings (SSSR count). The second-order valence-corrected chi connectivity index (χ2v) is 4.79. The number of oxime groups is 1. The van der Waals surface area contributed by atoms with Gasteiger partial charge in [-0.2, -0.15) is 0 Å². The van der Waals surface area contributed by atoms with Gasteiger partial charge in [0, 0.05) is 12.6 Å². The van der Waals surface area contributed by atoms with Crippen LogP contribution in [0.1, 0.15) is 44.6 Å². The Balaban J connectivity index is 2.71. The van der Waals surface area contributed by atoms with E-state index in [2.05, 4.69) is 24.3 Å². The van der Waals surface area contributed by atoms with Crippen LogP contribution in [0.2, 0.25) is 0 Å². The first-order valence-electron chi connectivity index (χ1n) is 6.98. The van der Waals surface area contributed by atoms with Crippen molar-refractivity contribution in [3.8, 4) is 0 Å². The first-order valence-corrected chi connectivity index (χ1v) is 6.98. The van der Waals surface area contributed by atoms with Crippen LogP contribution in [-0.4, -0.2) is 23.6 Å². The van der Waals surface area contributed by atoms with E-state index < -0.39 is 0 Å². The van der Waals surface area contributed by atoms with Crippen LogP contribution in [0.3, 0.4) is 0 Å². The molecule has 0 spiro atoms. The van der Waals surface area contributed by atoms with Crippen LogP contribution in [-0.2, 0) is 0 Å². The fourth-order valence-electron chi connectivity index (χ4n) is 2.23. The molecule has 0 saturated carbocycles. The first-order chi connectivity index (χ1) is 9.22. The van der Waals surface area contributed by atoms with Crippen molar-refractivity contribution in [1.82, 2.24) is 5.32 Å². The van der Waals surface area contributed by atoms with Crippen molar-refractivity contribution in [2.45, 2.75) is 45.1 Å². The van der Waals surface area contributed by atoms with Gasteiger partial charge in [-0.15, -0.1) is 0 Å². The summed E-state index contributed by atoms with van der Waals surface area (Å²) in [6.45, 7) is 5.05. The van der Waals surface area contributed by atoms with Gasteiger partial charge in [-0.3, -0.25) is 0 Å². The van der Waals surface area contributed by atoms with Crippen LogP contribution in [0.15, 0.2) is 35.5 Å². The third kappa shape index (κ3) is 4.91. The van der Waals surface area contributed by atoms with E-state index in [0.717, 1.165) is 24.8 Å². The summed E-state index contributed by atoms with van der Waals surface area (Å²) >= 11 is 0. The van der Waals surface area contributed by atoms with Gasteiger partial charge in [-0.1, -0.05) is 55.8 Å². The van der Waals surface area contributed by atoms with Crippen LogP contribution in [0.25, 0.3) is 0 Å². The topological polar surface area (TPSA) is 70.6 Å². The highest BCUT2D eigenvalue weighted by molar-refractivity contribution is 5.87. The van der Waals surface area contributed by atoms with Crippen molar-refractivity contribution in [2.24, 2.45) is 10.9 Å². The highest BCUT2D eigenvalue weighted by Crippen LogP contribution is 2.15. The van der Waals surface area contributed by atoms with Crippen LogP contribution >= 0.6 is 0 Å². The molecular formula is C15H25N3O. The Bertz CT molecular complexity index is 378. The molecule has 0 fully saturated rings. The zero-order valence-electron chi connectivity index (χ0n) is 11.8. The Morgan fingerprint density at radius 3 is 2.53 bits per heavy atom. The predicted octanol–water partition coefficient (Wildman–Crippen LogP) is 2.68. The normalized spacial score (nSPS) is 15.2. The Labute approximate surface area is 115 Å². The molecule has 0 amide bonds. The van der Waals surface area contributed by atoms with Gasteiger partial charge in [0.1, 0.15) is 5.84 Å². The molecule has 0 aliphatic heterocycles. The zero-order valence-corrected chi connectivity index (χ0v) is 11.8. The van der Waals surface area contributed by atoms with Crippen LogP contribution < -0.4 is 11.1 Å². The molecule has 4 nitrogen and oxygen atoms in total. The highest BCUT2D eigenvalue weighted by atomic mass is 16.4. The van der Waals surface area contributed by atoms with Crippen molar-refractivity contribution in [3.63, 3.8) is 0 Å². The summed E-state index contributed by atoms with van der Waals surface area (Å²) in [5, 5.41) is 15.6. The molecule has 19 heavy (non-hydrogen) atoms. The SMILES string of the molecule is CCCC(CC)NCC(C(N)=NO)c1ccccc1. The van der Waals surface area contributed by atoms with Crippen LogP contribution in [0.4, 0.5) is 0 Å². The molecule has 0 radical (unpaired) electrons. The lowest BCUT2D eigenvalue weighted by Crippen LogP contribution is -2.37. The largest absolute Gasteiger partial charge is 0.409 e. The van der Waals surface area contributed by atoms with Crippen molar-refractivity contribution in [1.29, 1.82) is 0 Å². The van der Waals surface area contributed by atoms with E-state index in [9.17, 15) is 0 Å². The lowest BCUT2D eigenvalue weighted by atomic mass is 9.97. The molecule has 2 unspecified atom stereocenters. The molecule has 106 valence electrons. The Kier molecular flexibility index (Phi) is 6.97. The van der Waals surface area contributed by atoms with Gasteiger partial charge in [-0.05, 0) is 18.4 Å².